The van der Waals surface area contributed by atoms with Gasteiger partial charge in [-0.05, 0) is 60.7 Å². The van der Waals surface area contributed by atoms with Gasteiger partial charge in [0.05, 0.1) is 11.8 Å². The summed E-state index contributed by atoms with van der Waals surface area (Å²) in [5.74, 6) is -0.152. The Morgan fingerprint density at radius 3 is 2.81 bits per heavy atom. The van der Waals surface area contributed by atoms with Crippen molar-refractivity contribution in [3.63, 3.8) is 0 Å². The molecule has 0 saturated carbocycles. The highest BCUT2D eigenvalue weighted by atomic mass is 16.5. The first-order valence-electron chi connectivity index (χ1n) is 9.13. The Hall–Kier alpha value is -2.99. The van der Waals surface area contributed by atoms with Crippen molar-refractivity contribution in [2.45, 2.75) is 25.9 Å². The third-order valence-electron chi connectivity index (χ3n) is 4.83. The van der Waals surface area contributed by atoms with Crippen LogP contribution >= 0.6 is 0 Å². The van der Waals surface area contributed by atoms with Crippen LogP contribution in [0.3, 0.4) is 0 Å². The number of nitrogens with one attached hydrogen (secondary N) is 1. The third-order valence-corrected chi connectivity index (χ3v) is 4.83. The van der Waals surface area contributed by atoms with E-state index in [4.69, 9.17) is 4.74 Å². The van der Waals surface area contributed by atoms with E-state index in [1.165, 1.54) is 5.56 Å². The first-order chi connectivity index (χ1) is 13.2. The van der Waals surface area contributed by atoms with Crippen molar-refractivity contribution < 1.29 is 9.53 Å². The summed E-state index contributed by atoms with van der Waals surface area (Å²) < 4.78 is 7.16. The molecule has 1 amide bonds. The fourth-order valence-corrected chi connectivity index (χ4v) is 3.03. The first kappa shape index (κ1) is 17.4. The minimum atomic E-state index is -0.152. The fourth-order valence-electron chi connectivity index (χ4n) is 3.03. The second kappa shape index (κ2) is 7.72. The van der Waals surface area contributed by atoms with Gasteiger partial charge in [-0.3, -0.25) is 9.78 Å². The van der Waals surface area contributed by atoms with Crippen molar-refractivity contribution in [2.75, 3.05) is 13.2 Å². The number of amides is 1. The summed E-state index contributed by atoms with van der Waals surface area (Å²) in [6, 6.07) is 12.1. The Kier molecular flexibility index (Phi) is 4.98. The van der Waals surface area contributed by atoms with Crippen LogP contribution in [0.5, 0.6) is 0 Å². The predicted octanol–water partition coefficient (Wildman–Crippen LogP) is 2.69. The zero-order chi connectivity index (χ0) is 18.6. The fraction of sp³-hybridized carbons (Fsp3) is 0.286. The Bertz CT molecular complexity index is 916. The summed E-state index contributed by atoms with van der Waals surface area (Å²) in [6.07, 6.45) is 7.34. The molecule has 1 N–H and O–H groups in total. The van der Waals surface area contributed by atoms with Crippen molar-refractivity contribution >= 4 is 5.91 Å². The van der Waals surface area contributed by atoms with Crippen molar-refractivity contribution in [3.05, 3.63) is 77.4 Å². The molecule has 6 nitrogen and oxygen atoms in total. The maximum Gasteiger partial charge on any atom is 0.269 e. The molecular weight excluding hydrogens is 340 g/mol. The number of ether oxygens (including phenoxy) is 1. The SMILES string of the molecule is Cc1cnc(C(=O)NCC2CCO2)cc1Cc1ccc(-n2cccn2)cc1. The largest absolute Gasteiger partial charge is 0.376 e. The van der Waals surface area contributed by atoms with E-state index in [0.717, 1.165) is 36.3 Å². The molecule has 4 rings (SSSR count). The highest BCUT2D eigenvalue weighted by Gasteiger charge is 2.19. The number of rotatable bonds is 6. The average molecular weight is 362 g/mol. The van der Waals surface area contributed by atoms with Crippen LogP contribution in [0.15, 0.2) is 55.0 Å². The van der Waals surface area contributed by atoms with Crippen LogP contribution in [-0.2, 0) is 11.2 Å². The highest BCUT2D eigenvalue weighted by Crippen LogP contribution is 2.17. The molecule has 1 fully saturated rings. The minimum absolute atomic E-state index is 0.146. The Morgan fingerprint density at radius 1 is 1.33 bits per heavy atom. The van der Waals surface area contributed by atoms with Crippen LogP contribution in [0.1, 0.15) is 33.6 Å². The molecule has 1 aliphatic rings. The van der Waals surface area contributed by atoms with Crippen molar-refractivity contribution in [3.8, 4) is 5.69 Å². The van der Waals surface area contributed by atoms with Gasteiger partial charge in [0.25, 0.3) is 5.91 Å². The topological polar surface area (TPSA) is 69.0 Å². The van der Waals surface area contributed by atoms with Gasteiger partial charge >= 0.3 is 0 Å². The molecule has 0 aliphatic carbocycles. The van der Waals surface area contributed by atoms with Gasteiger partial charge in [-0.25, -0.2) is 4.68 Å². The van der Waals surface area contributed by atoms with E-state index >= 15 is 0 Å². The monoisotopic (exact) mass is 362 g/mol. The summed E-state index contributed by atoms with van der Waals surface area (Å²) in [5.41, 5.74) is 4.82. The number of carbonyl (C=O) groups excluding carboxylic acids is 1. The van der Waals surface area contributed by atoms with Gasteiger partial charge in [0.1, 0.15) is 5.69 Å². The molecule has 3 heterocycles. The van der Waals surface area contributed by atoms with E-state index in [2.05, 4.69) is 27.5 Å². The van der Waals surface area contributed by atoms with Crippen LogP contribution in [0, 0.1) is 6.92 Å². The highest BCUT2D eigenvalue weighted by molar-refractivity contribution is 5.92. The summed E-state index contributed by atoms with van der Waals surface area (Å²) in [4.78, 5) is 16.6. The minimum Gasteiger partial charge on any atom is -0.376 e. The quantitative estimate of drug-likeness (QED) is 0.732. The van der Waals surface area contributed by atoms with E-state index in [0.29, 0.717) is 12.2 Å². The number of aryl methyl sites for hydroxylation is 1. The van der Waals surface area contributed by atoms with Crippen LogP contribution in [0.2, 0.25) is 0 Å². The maximum atomic E-state index is 12.3. The lowest BCUT2D eigenvalue weighted by Gasteiger charge is -2.26. The molecule has 1 aromatic carbocycles. The molecule has 0 radical (unpaired) electrons. The van der Waals surface area contributed by atoms with Crippen LogP contribution < -0.4 is 5.32 Å². The molecule has 0 spiro atoms. The van der Waals surface area contributed by atoms with Crippen molar-refractivity contribution in [1.29, 1.82) is 0 Å². The molecule has 1 aliphatic heterocycles. The average Bonchev–Trinajstić information content (AvgIpc) is 3.17. The van der Waals surface area contributed by atoms with Gasteiger partial charge in [0.2, 0.25) is 0 Å². The maximum absolute atomic E-state index is 12.3. The van der Waals surface area contributed by atoms with Gasteiger partial charge in [-0.1, -0.05) is 12.1 Å². The summed E-state index contributed by atoms with van der Waals surface area (Å²) in [5, 5.41) is 7.14. The van der Waals surface area contributed by atoms with Gasteiger partial charge in [0.15, 0.2) is 0 Å². The Balaban J connectivity index is 1.45. The van der Waals surface area contributed by atoms with Crippen molar-refractivity contribution in [1.82, 2.24) is 20.1 Å². The lowest BCUT2D eigenvalue weighted by molar-refractivity contribution is -0.0473. The first-order valence-corrected chi connectivity index (χ1v) is 9.13. The second-order valence-corrected chi connectivity index (χ2v) is 6.78. The second-order valence-electron chi connectivity index (χ2n) is 6.78. The number of benzene rings is 1. The summed E-state index contributed by atoms with van der Waals surface area (Å²) in [7, 11) is 0. The summed E-state index contributed by atoms with van der Waals surface area (Å²) in [6.45, 7) is 3.34. The molecule has 0 bridgehead atoms. The molecule has 138 valence electrons. The van der Waals surface area contributed by atoms with E-state index in [1.807, 2.05) is 42.1 Å². The van der Waals surface area contributed by atoms with Gasteiger partial charge < -0.3 is 10.1 Å². The smallest absolute Gasteiger partial charge is 0.269 e. The van der Waals surface area contributed by atoms with Gasteiger partial charge in [0, 0.05) is 31.7 Å². The number of hydrogen-bond acceptors (Lipinski definition) is 4. The van der Waals surface area contributed by atoms with E-state index < -0.39 is 0 Å². The molecule has 6 heteroatoms. The number of hydrogen-bond donors (Lipinski definition) is 1. The van der Waals surface area contributed by atoms with Crippen LogP contribution in [-0.4, -0.2) is 39.9 Å². The standard InChI is InChI=1S/C21H22N4O2/c1-15-13-22-20(21(26)23-14-19-7-10-27-19)12-17(15)11-16-3-5-18(6-4-16)25-9-2-8-24-25/h2-6,8-9,12-13,19H,7,10-11,14H2,1H3,(H,23,26). The van der Waals surface area contributed by atoms with Gasteiger partial charge in [-0.2, -0.15) is 5.10 Å². The molecule has 1 atom stereocenters. The van der Waals surface area contributed by atoms with Gasteiger partial charge in [-0.15, -0.1) is 0 Å². The molecule has 1 saturated heterocycles. The van der Waals surface area contributed by atoms with E-state index in [-0.39, 0.29) is 12.0 Å². The van der Waals surface area contributed by atoms with Crippen molar-refractivity contribution in [2.24, 2.45) is 0 Å². The normalized spacial score (nSPS) is 16.0. The molecule has 27 heavy (non-hydrogen) atoms. The Morgan fingerprint density at radius 2 is 2.15 bits per heavy atom. The van der Waals surface area contributed by atoms with E-state index in [1.54, 1.807) is 12.4 Å². The third kappa shape index (κ3) is 4.06. The lowest BCUT2D eigenvalue weighted by Crippen LogP contribution is -2.39. The number of aromatic nitrogens is 3. The van der Waals surface area contributed by atoms with E-state index in [9.17, 15) is 4.79 Å². The van der Waals surface area contributed by atoms with Crippen LogP contribution in [0.4, 0.5) is 0 Å². The molecule has 3 aromatic rings. The zero-order valence-corrected chi connectivity index (χ0v) is 15.3. The number of carbonyl (C=O) groups is 1. The Labute approximate surface area is 158 Å². The summed E-state index contributed by atoms with van der Waals surface area (Å²) >= 11 is 0. The van der Waals surface area contributed by atoms with Crippen LogP contribution in [0.25, 0.3) is 5.69 Å². The lowest BCUT2D eigenvalue weighted by atomic mass is 10.0. The number of nitrogens with zero attached hydrogens (tertiary/aromatic N) is 3. The number of pyridine rings is 1. The molecular formula is C21H22N4O2. The zero-order valence-electron chi connectivity index (χ0n) is 15.3. The predicted molar refractivity (Wildman–Crippen MR) is 102 cm³/mol. The molecule has 2 aromatic heterocycles. The molecule has 1 unspecified atom stereocenters.